The van der Waals surface area contributed by atoms with Gasteiger partial charge in [0, 0.05) is 12.4 Å². The Bertz CT molecular complexity index is 217. The standard InChI is InChI=1S/C8H13N3/c1-6-4-7(11-5-6)8-9-2-3-10-8/h2-3,6-7,11H,4-5H2,1H3,(H,9,10). The third-order valence-electron chi connectivity index (χ3n) is 2.20. The molecule has 1 saturated heterocycles. The van der Waals surface area contributed by atoms with Gasteiger partial charge < -0.3 is 10.3 Å². The maximum absolute atomic E-state index is 4.21. The molecule has 0 spiro atoms. The summed E-state index contributed by atoms with van der Waals surface area (Å²) >= 11 is 0. The summed E-state index contributed by atoms with van der Waals surface area (Å²) in [6.07, 6.45) is 4.88. The highest BCUT2D eigenvalue weighted by Gasteiger charge is 2.23. The lowest BCUT2D eigenvalue weighted by atomic mass is 10.1. The monoisotopic (exact) mass is 151 g/mol. The smallest absolute Gasteiger partial charge is 0.123 e. The van der Waals surface area contributed by atoms with E-state index in [0.29, 0.717) is 6.04 Å². The molecule has 0 bridgehead atoms. The van der Waals surface area contributed by atoms with E-state index < -0.39 is 0 Å². The van der Waals surface area contributed by atoms with Crippen molar-refractivity contribution in [2.75, 3.05) is 6.54 Å². The number of nitrogens with zero attached hydrogens (tertiary/aromatic N) is 1. The summed E-state index contributed by atoms with van der Waals surface area (Å²) in [5, 5.41) is 3.42. The molecular weight excluding hydrogens is 138 g/mol. The van der Waals surface area contributed by atoms with Gasteiger partial charge in [0.25, 0.3) is 0 Å². The molecule has 1 fully saturated rings. The molecule has 60 valence electrons. The molecule has 0 aromatic carbocycles. The third-order valence-corrected chi connectivity index (χ3v) is 2.20. The summed E-state index contributed by atoms with van der Waals surface area (Å²) in [6, 6.07) is 0.458. The zero-order valence-corrected chi connectivity index (χ0v) is 6.67. The van der Waals surface area contributed by atoms with Gasteiger partial charge in [-0.2, -0.15) is 0 Å². The average Bonchev–Trinajstić information content (AvgIpc) is 2.55. The molecule has 2 unspecified atom stereocenters. The molecule has 2 rings (SSSR count). The van der Waals surface area contributed by atoms with Gasteiger partial charge in [-0.15, -0.1) is 0 Å². The Morgan fingerprint density at radius 3 is 3.09 bits per heavy atom. The number of hydrogen-bond donors (Lipinski definition) is 2. The number of hydrogen-bond acceptors (Lipinski definition) is 2. The molecule has 1 aliphatic rings. The van der Waals surface area contributed by atoms with Crippen LogP contribution in [0.2, 0.25) is 0 Å². The van der Waals surface area contributed by atoms with Gasteiger partial charge in [0.15, 0.2) is 0 Å². The Labute approximate surface area is 66.2 Å². The summed E-state index contributed by atoms with van der Waals surface area (Å²) in [5.74, 6) is 1.86. The van der Waals surface area contributed by atoms with Crippen LogP contribution in [0.15, 0.2) is 12.4 Å². The highest BCUT2D eigenvalue weighted by atomic mass is 15.0. The summed E-state index contributed by atoms with van der Waals surface area (Å²) in [5.41, 5.74) is 0. The zero-order chi connectivity index (χ0) is 7.68. The fourth-order valence-electron chi connectivity index (χ4n) is 1.59. The van der Waals surface area contributed by atoms with E-state index >= 15 is 0 Å². The molecule has 1 aliphatic heterocycles. The lowest BCUT2D eigenvalue weighted by Gasteiger charge is -2.04. The van der Waals surface area contributed by atoms with Crippen LogP contribution in [0, 0.1) is 5.92 Å². The van der Waals surface area contributed by atoms with Crippen LogP contribution >= 0.6 is 0 Å². The minimum atomic E-state index is 0.458. The lowest BCUT2D eigenvalue weighted by Crippen LogP contribution is -2.14. The highest BCUT2D eigenvalue weighted by Crippen LogP contribution is 2.23. The summed E-state index contributed by atoms with van der Waals surface area (Å²) < 4.78 is 0. The second-order valence-corrected chi connectivity index (χ2v) is 3.28. The van der Waals surface area contributed by atoms with Crippen LogP contribution in [0.25, 0.3) is 0 Å². The first-order valence-corrected chi connectivity index (χ1v) is 4.09. The maximum atomic E-state index is 4.21. The van der Waals surface area contributed by atoms with E-state index in [9.17, 15) is 0 Å². The minimum absolute atomic E-state index is 0.458. The van der Waals surface area contributed by atoms with Crippen LogP contribution in [0.3, 0.4) is 0 Å². The van der Waals surface area contributed by atoms with Crippen LogP contribution in [0.1, 0.15) is 25.2 Å². The van der Waals surface area contributed by atoms with E-state index in [-0.39, 0.29) is 0 Å². The molecule has 3 heteroatoms. The molecule has 2 heterocycles. The molecule has 2 N–H and O–H groups in total. The number of rotatable bonds is 1. The maximum Gasteiger partial charge on any atom is 0.123 e. The molecule has 0 saturated carbocycles. The van der Waals surface area contributed by atoms with Crippen molar-refractivity contribution < 1.29 is 0 Å². The number of imidazole rings is 1. The number of aromatic nitrogens is 2. The average molecular weight is 151 g/mol. The zero-order valence-electron chi connectivity index (χ0n) is 6.67. The highest BCUT2D eigenvalue weighted by molar-refractivity contribution is 4.98. The number of nitrogens with one attached hydrogen (secondary N) is 2. The third kappa shape index (κ3) is 1.28. The fourth-order valence-corrected chi connectivity index (χ4v) is 1.59. The van der Waals surface area contributed by atoms with Crippen molar-refractivity contribution in [2.24, 2.45) is 5.92 Å². The Kier molecular flexibility index (Phi) is 1.66. The van der Waals surface area contributed by atoms with Crippen LogP contribution in [-0.2, 0) is 0 Å². The SMILES string of the molecule is CC1CNC(c2ncc[nH]2)C1. The summed E-state index contributed by atoms with van der Waals surface area (Å²) in [4.78, 5) is 7.34. The van der Waals surface area contributed by atoms with Crippen molar-refractivity contribution in [1.29, 1.82) is 0 Å². The van der Waals surface area contributed by atoms with Gasteiger partial charge in [-0.05, 0) is 18.9 Å². The van der Waals surface area contributed by atoms with Crippen LogP contribution in [0.4, 0.5) is 0 Å². The van der Waals surface area contributed by atoms with Crippen LogP contribution in [-0.4, -0.2) is 16.5 Å². The first kappa shape index (κ1) is 6.85. The molecule has 1 aromatic heterocycles. The van der Waals surface area contributed by atoms with Crippen molar-refractivity contribution in [3.8, 4) is 0 Å². The predicted octanol–water partition coefficient (Wildman–Crippen LogP) is 1.08. The van der Waals surface area contributed by atoms with E-state index in [0.717, 1.165) is 18.3 Å². The molecule has 11 heavy (non-hydrogen) atoms. The molecule has 2 atom stereocenters. The Morgan fingerprint density at radius 1 is 1.64 bits per heavy atom. The quantitative estimate of drug-likeness (QED) is 0.630. The van der Waals surface area contributed by atoms with E-state index in [1.165, 1.54) is 6.42 Å². The van der Waals surface area contributed by atoms with Gasteiger partial charge in [-0.25, -0.2) is 4.98 Å². The van der Waals surface area contributed by atoms with E-state index in [4.69, 9.17) is 0 Å². The fraction of sp³-hybridized carbons (Fsp3) is 0.625. The Morgan fingerprint density at radius 2 is 2.55 bits per heavy atom. The van der Waals surface area contributed by atoms with E-state index in [1.54, 1.807) is 6.20 Å². The molecular formula is C8H13N3. The molecule has 0 amide bonds. The van der Waals surface area contributed by atoms with Gasteiger partial charge in [0.05, 0.1) is 6.04 Å². The number of aromatic amines is 1. The Balaban J connectivity index is 2.08. The normalized spacial score (nSPS) is 31.0. The van der Waals surface area contributed by atoms with Gasteiger partial charge in [-0.1, -0.05) is 6.92 Å². The van der Waals surface area contributed by atoms with Gasteiger partial charge >= 0.3 is 0 Å². The first-order chi connectivity index (χ1) is 5.36. The molecule has 1 aromatic rings. The van der Waals surface area contributed by atoms with Crippen molar-refractivity contribution in [3.63, 3.8) is 0 Å². The summed E-state index contributed by atoms with van der Waals surface area (Å²) in [7, 11) is 0. The molecule has 0 radical (unpaired) electrons. The van der Waals surface area contributed by atoms with Crippen molar-refractivity contribution in [2.45, 2.75) is 19.4 Å². The summed E-state index contributed by atoms with van der Waals surface area (Å²) in [6.45, 7) is 3.38. The number of H-pyrrole nitrogens is 1. The van der Waals surface area contributed by atoms with Gasteiger partial charge in [0.1, 0.15) is 5.82 Å². The van der Waals surface area contributed by atoms with Crippen LogP contribution in [0.5, 0.6) is 0 Å². The Hall–Kier alpha value is -0.830. The molecule has 0 aliphatic carbocycles. The molecule has 3 nitrogen and oxygen atoms in total. The van der Waals surface area contributed by atoms with Crippen LogP contribution < -0.4 is 5.32 Å². The van der Waals surface area contributed by atoms with E-state index in [2.05, 4.69) is 22.2 Å². The van der Waals surface area contributed by atoms with Crippen molar-refractivity contribution in [3.05, 3.63) is 18.2 Å². The topological polar surface area (TPSA) is 40.7 Å². The van der Waals surface area contributed by atoms with Crippen molar-refractivity contribution in [1.82, 2.24) is 15.3 Å². The second-order valence-electron chi connectivity index (χ2n) is 3.28. The van der Waals surface area contributed by atoms with Gasteiger partial charge in [-0.3, -0.25) is 0 Å². The lowest BCUT2D eigenvalue weighted by molar-refractivity contribution is 0.588. The van der Waals surface area contributed by atoms with Crippen molar-refractivity contribution >= 4 is 0 Å². The minimum Gasteiger partial charge on any atom is -0.347 e. The van der Waals surface area contributed by atoms with E-state index in [1.807, 2.05) is 6.20 Å². The predicted molar refractivity (Wildman–Crippen MR) is 43.1 cm³/mol. The van der Waals surface area contributed by atoms with Gasteiger partial charge in [0.2, 0.25) is 0 Å². The first-order valence-electron chi connectivity index (χ1n) is 4.09. The second kappa shape index (κ2) is 2.66. The largest absolute Gasteiger partial charge is 0.347 e.